The number of anilines is 1. The van der Waals surface area contributed by atoms with Crippen LogP contribution in [0.5, 0.6) is 0 Å². The van der Waals surface area contributed by atoms with Crippen molar-refractivity contribution in [1.29, 1.82) is 0 Å². The molecule has 35 heavy (non-hydrogen) atoms. The van der Waals surface area contributed by atoms with Crippen molar-refractivity contribution in [2.45, 2.75) is 57.8 Å². The van der Waals surface area contributed by atoms with E-state index in [0.717, 1.165) is 59.2 Å². The monoisotopic (exact) mass is 496 g/mol. The molecule has 7 heteroatoms. The number of fused-ring (bicyclic) bond motifs is 1. The Hall–Kier alpha value is -2.90. The summed E-state index contributed by atoms with van der Waals surface area (Å²) in [6.45, 7) is 7.14. The Morgan fingerprint density at radius 3 is 2.69 bits per heavy atom. The van der Waals surface area contributed by atoms with E-state index in [1.54, 1.807) is 11.3 Å². The number of rotatable bonds is 8. The highest BCUT2D eigenvalue weighted by molar-refractivity contribution is 7.16. The van der Waals surface area contributed by atoms with Gasteiger partial charge in [0.1, 0.15) is 10.8 Å². The van der Waals surface area contributed by atoms with Gasteiger partial charge in [-0.15, -0.1) is 11.3 Å². The van der Waals surface area contributed by atoms with Crippen LogP contribution < -0.4 is 10.6 Å². The number of benzene rings is 1. The fourth-order valence-electron chi connectivity index (χ4n) is 4.90. The zero-order valence-corrected chi connectivity index (χ0v) is 21.1. The molecule has 2 heterocycles. The van der Waals surface area contributed by atoms with Crippen molar-refractivity contribution in [3.63, 3.8) is 0 Å². The van der Waals surface area contributed by atoms with Crippen LogP contribution in [0.1, 0.15) is 74.5 Å². The number of thiophene rings is 1. The van der Waals surface area contributed by atoms with Crippen LogP contribution in [-0.4, -0.2) is 27.9 Å². The van der Waals surface area contributed by atoms with Gasteiger partial charge < -0.3 is 21.1 Å². The zero-order valence-electron chi connectivity index (χ0n) is 20.2. The SMILES string of the molecule is C=C(Nc1sc2c(c1C(=O)NCC1CC1)CC(c1ncc(-c3ccc(C)cc3)[nH]1)CC2)C1CC1.O.[HH].[HH].[HH]. The highest BCUT2D eigenvalue weighted by Crippen LogP contribution is 2.44. The van der Waals surface area contributed by atoms with Crippen LogP contribution in [0.2, 0.25) is 0 Å². The van der Waals surface area contributed by atoms with Gasteiger partial charge in [-0.05, 0) is 74.8 Å². The van der Waals surface area contributed by atoms with Gasteiger partial charge in [-0.1, -0.05) is 36.4 Å². The lowest BCUT2D eigenvalue weighted by Crippen LogP contribution is -2.27. The second kappa shape index (κ2) is 9.63. The molecule has 0 saturated heterocycles. The summed E-state index contributed by atoms with van der Waals surface area (Å²) in [5.74, 6) is 2.59. The molecule has 1 atom stereocenters. The second-order valence-electron chi connectivity index (χ2n) is 10.3. The Morgan fingerprint density at radius 1 is 1.20 bits per heavy atom. The lowest BCUT2D eigenvalue weighted by Gasteiger charge is -2.21. The Morgan fingerprint density at radius 2 is 1.97 bits per heavy atom. The minimum absolute atomic E-state index is 0. The van der Waals surface area contributed by atoms with Crippen LogP contribution in [0, 0.1) is 18.8 Å². The van der Waals surface area contributed by atoms with E-state index in [0.29, 0.717) is 11.8 Å². The molecule has 6 rings (SSSR count). The first-order valence-electron chi connectivity index (χ1n) is 12.6. The lowest BCUT2D eigenvalue weighted by atomic mass is 9.85. The van der Waals surface area contributed by atoms with Gasteiger partial charge in [-0.2, -0.15) is 0 Å². The smallest absolute Gasteiger partial charge is 0.254 e. The molecule has 3 aromatic rings. The second-order valence-corrected chi connectivity index (χ2v) is 11.4. The molecular weight excluding hydrogens is 456 g/mol. The molecule has 6 nitrogen and oxygen atoms in total. The average molecular weight is 497 g/mol. The zero-order chi connectivity index (χ0) is 23.2. The molecule has 1 aromatic carbocycles. The van der Waals surface area contributed by atoms with Crippen molar-refractivity contribution in [3.05, 3.63) is 70.1 Å². The highest BCUT2D eigenvalue weighted by Gasteiger charge is 2.33. The van der Waals surface area contributed by atoms with Crippen molar-refractivity contribution in [1.82, 2.24) is 15.3 Å². The molecule has 3 aliphatic carbocycles. The third-order valence-corrected chi connectivity index (χ3v) is 8.63. The molecule has 0 aliphatic heterocycles. The normalized spacial score (nSPS) is 18.9. The lowest BCUT2D eigenvalue weighted by molar-refractivity contribution is 0.0951. The van der Waals surface area contributed by atoms with E-state index in [1.807, 2.05) is 6.20 Å². The molecule has 1 amide bonds. The van der Waals surface area contributed by atoms with Gasteiger partial charge in [-0.25, -0.2) is 4.98 Å². The highest BCUT2D eigenvalue weighted by atomic mass is 32.1. The Kier molecular flexibility index (Phi) is 6.55. The number of carbonyl (C=O) groups excluding carboxylic acids is 1. The summed E-state index contributed by atoms with van der Waals surface area (Å²) < 4.78 is 0. The molecule has 190 valence electrons. The van der Waals surface area contributed by atoms with E-state index in [-0.39, 0.29) is 21.6 Å². The number of allylic oxidation sites excluding steroid dienone is 1. The molecule has 2 saturated carbocycles. The summed E-state index contributed by atoms with van der Waals surface area (Å²) in [5, 5.41) is 7.74. The van der Waals surface area contributed by atoms with Crippen molar-refractivity contribution in [3.8, 4) is 11.3 Å². The Bertz CT molecular complexity index is 1250. The summed E-state index contributed by atoms with van der Waals surface area (Å²) >= 11 is 1.75. The molecule has 1 unspecified atom stereocenters. The van der Waals surface area contributed by atoms with E-state index in [9.17, 15) is 4.79 Å². The maximum Gasteiger partial charge on any atom is 0.254 e. The first-order chi connectivity index (χ1) is 16.5. The van der Waals surface area contributed by atoms with Gasteiger partial charge in [-0.3, -0.25) is 4.79 Å². The van der Waals surface area contributed by atoms with Crippen LogP contribution in [0.15, 0.2) is 42.7 Å². The maximum absolute atomic E-state index is 13.4. The number of nitrogens with one attached hydrogen (secondary N) is 3. The van der Waals surface area contributed by atoms with E-state index in [2.05, 4.69) is 53.4 Å². The number of H-pyrrole nitrogens is 1. The average Bonchev–Trinajstić information content (AvgIpc) is 3.77. The van der Waals surface area contributed by atoms with Gasteiger partial charge in [0.25, 0.3) is 5.91 Å². The van der Waals surface area contributed by atoms with E-state index in [1.165, 1.54) is 41.7 Å². The van der Waals surface area contributed by atoms with Crippen molar-refractivity contribution in [2.75, 3.05) is 11.9 Å². The minimum Gasteiger partial charge on any atom is -0.412 e. The van der Waals surface area contributed by atoms with Gasteiger partial charge in [0.15, 0.2) is 0 Å². The van der Waals surface area contributed by atoms with Crippen LogP contribution in [0.3, 0.4) is 0 Å². The number of aromatic nitrogens is 2. The number of aromatic amines is 1. The molecule has 2 aromatic heterocycles. The largest absolute Gasteiger partial charge is 0.412 e. The number of aryl methyl sites for hydroxylation is 2. The van der Waals surface area contributed by atoms with Crippen LogP contribution in [0.4, 0.5) is 5.00 Å². The molecule has 5 N–H and O–H groups in total. The molecule has 2 fully saturated rings. The predicted molar refractivity (Wildman–Crippen MR) is 148 cm³/mol. The van der Waals surface area contributed by atoms with Gasteiger partial charge >= 0.3 is 0 Å². The number of hydrogen-bond acceptors (Lipinski definition) is 4. The number of hydrogen-bond donors (Lipinski definition) is 3. The third-order valence-electron chi connectivity index (χ3n) is 7.43. The van der Waals surface area contributed by atoms with Gasteiger partial charge in [0.05, 0.1) is 17.5 Å². The summed E-state index contributed by atoms with van der Waals surface area (Å²) in [6.07, 6.45) is 9.67. The number of amides is 1. The fourth-order valence-corrected chi connectivity index (χ4v) is 6.17. The van der Waals surface area contributed by atoms with Gasteiger partial charge in [0.2, 0.25) is 0 Å². The summed E-state index contributed by atoms with van der Waals surface area (Å²) in [5.41, 5.74) is 6.56. The third kappa shape index (κ3) is 5.07. The van der Waals surface area contributed by atoms with Crippen LogP contribution in [-0.2, 0) is 12.8 Å². The topological polar surface area (TPSA) is 101 Å². The van der Waals surface area contributed by atoms with Gasteiger partial charge in [0, 0.05) is 27.3 Å². The molecular formula is C28H40N4O2S. The van der Waals surface area contributed by atoms with Crippen molar-refractivity contribution < 1.29 is 14.6 Å². The van der Waals surface area contributed by atoms with E-state index >= 15 is 0 Å². The van der Waals surface area contributed by atoms with E-state index in [4.69, 9.17) is 4.98 Å². The fraction of sp³-hybridized carbons (Fsp3) is 0.429. The van der Waals surface area contributed by atoms with Crippen molar-refractivity contribution in [2.24, 2.45) is 11.8 Å². The Balaban J connectivity index is 0.00000127. The van der Waals surface area contributed by atoms with Crippen LogP contribution >= 0.6 is 11.3 Å². The first-order valence-corrected chi connectivity index (χ1v) is 13.4. The molecule has 3 aliphatic rings. The summed E-state index contributed by atoms with van der Waals surface area (Å²) in [6, 6.07) is 8.53. The minimum atomic E-state index is 0. The van der Waals surface area contributed by atoms with E-state index < -0.39 is 0 Å². The number of carbonyl (C=O) groups is 1. The predicted octanol–water partition coefficient (Wildman–Crippen LogP) is 6.11. The quantitative estimate of drug-likeness (QED) is 0.351. The summed E-state index contributed by atoms with van der Waals surface area (Å²) in [7, 11) is 0. The number of imidazole rings is 1. The molecule has 0 spiro atoms. The van der Waals surface area contributed by atoms with Crippen LogP contribution in [0.25, 0.3) is 11.3 Å². The number of nitrogens with zero attached hydrogens (tertiary/aromatic N) is 1. The maximum atomic E-state index is 13.4. The summed E-state index contributed by atoms with van der Waals surface area (Å²) in [4.78, 5) is 23.0. The molecule has 0 bridgehead atoms. The van der Waals surface area contributed by atoms with Crippen molar-refractivity contribution >= 4 is 22.2 Å². The molecule has 0 radical (unpaired) electrons. The first kappa shape index (κ1) is 23.8. The standard InChI is InChI=1S/C28H32N4OS.H2O.3H2/c1-16-3-7-20(8-4-16)23-15-29-26(32-23)21-11-12-24-22(13-21)25(27(33)30-14-18-5-6-18)28(34-24)31-17(2)19-9-10-19;;;;/h3-4,7-8,15,18-19,21,31H,2,5-6,9-14H2,1H3,(H,29,32)(H,30,33);1H2;3*1H. The Labute approximate surface area is 215 Å².